The molecule has 6 nitrogen and oxygen atoms in total. The maximum absolute atomic E-state index is 6.05. The lowest BCUT2D eigenvalue weighted by atomic mass is 10.1. The molecule has 22 heavy (non-hydrogen) atoms. The normalized spacial score (nSPS) is 11.2. The SMILES string of the molecule is CN(C)N=Nc1ccccc1-c1nc(N)c2ccccc2n1. The van der Waals surface area contributed by atoms with E-state index < -0.39 is 0 Å². The molecule has 0 radical (unpaired) electrons. The number of hydrogen-bond acceptors (Lipinski definition) is 5. The van der Waals surface area contributed by atoms with E-state index in [1.807, 2.05) is 62.6 Å². The van der Waals surface area contributed by atoms with Crippen LogP contribution >= 0.6 is 0 Å². The van der Waals surface area contributed by atoms with Gasteiger partial charge < -0.3 is 5.73 Å². The van der Waals surface area contributed by atoms with Crippen LogP contribution in [0.2, 0.25) is 0 Å². The van der Waals surface area contributed by atoms with Gasteiger partial charge in [-0.25, -0.2) is 9.97 Å². The Labute approximate surface area is 128 Å². The van der Waals surface area contributed by atoms with Gasteiger partial charge in [-0.1, -0.05) is 29.5 Å². The van der Waals surface area contributed by atoms with Crippen molar-refractivity contribution < 1.29 is 0 Å². The van der Waals surface area contributed by atoms with Crippen LogP contribution in [0.15, 0.2) is 58.9 Å². The molecule has 110 valence electrons. The third-order valence-electron chi connectivity index (χ3n) is 3.11. The third kappa shape index (κ3) is 2.71. The van der Waals surface area contributed by atoms with Crippen LogP contribution in [0.3, 0.4) is 0 Å². The highest BCUT2D eigenvalue weighted by Crippen LogP contribution is 2.30. The summed E-state index contributed by atoms with van der Waals surface area (Å²) < 4.78 is 0. The topological polar surface area (TPSA) is 79.8 Å². The molecule has 1 aromatic heterocycles. The first kappa shape index (κ1) is 13.9. The number of rotatable bonds is 3. The summed E-state index contributed by atoms with van der Waals surface area (Å²) in [4.78, 5) is 9.00. The molecule has 3 aromatic rings. The van der Waals surface area contributed by atoms with Crippen LogP contribution in [-0.4, -0.2) is 29.1 Å². The number of anilines is 1. The first-order chi connectivity index (χ1) is 10.6. The monoisotopic (exact) mass is 292 g/mol. The number of nitrogens with two attached hydrogens (primary N) is 1. The Morgan fingerprint density at radius 1 is 0.955 bits per heavy atom. The van der Waals surface area contributed by atoms with E-state index in [0.29, 0.717) is 17.3 Å². The van der Waals surface area contributed by atoms with Crippen LogP contribution in [0.5, 0.6) is 0 Å². The molecule has 0 unspecified atom stereocenters. The number of hydrogen-bond donors (Lipinski definition) is 1. The molecular weight excluding hydrogens is 276 g/mol. The highest BCUT2D eigenvalue weighted by Gasteiger charge is 2.10. The summed E-state index contributed by atoms with van der Waals surface area (Å²) in [7, 11) is 3.63. The summed E-state index contributed by atoms with van der Waals surface area (Å²) >= 11 is 0. The Morgan fingerprint density at radius 2 is 1.68 bits per heavy atom. The van der Waals surface area contributed by atoms with Gasteiger partial charge in [-0.2, -0.15) is 0 Å². The molecule has 0 atom stereocenters. The van der Waals surface area contributed by atoms with E-state index in [9.17, 15) is 0 Å². The van der Waals surface area contributed by atoms with Gasteiger partial charge >= 0.3 is 0 Å². The molecule has 0 aliphatic carbocycles. The second kappa shape index (κ2) is 5.77. The first-order valence-corrected chi connectivity index (χ1v) is 6.86. The molecule has 0 saturated carbocycles. The van der Waals surface area contributed by atoms with E-state index in [4.69, 9.17) is 5.73 Å². The van der Waals surface area contributed by atoms with E-state index in [1.54, 1.807) is 5.01 Å². The van der Waals surface area contributed by atoms with Crippen molar-refractivity contribution in [3.8, 4) is 11.4 Å². The van der Waals surface area contributed by atoms with Crippen molar-refractivity contribution in [2.45, 2.75) is 0 Å². The summed E-state index contributed by atoms with van der Waals surface area (Å²) in [5, 5.41) is 10.7. The van der Waals surface area contributed by atoms with E-state index in [0.717, 1.165) is 16.5 Å². The van der Waals surface area contributed by atoms with E-state index in [2.05, 4.69) is 20.3 Å². The minimum absolute atomic E-state index is 0.458. The average Bonchev–Trinajstić information content (AvgIpc) is 2.53. The molecule has 3 rings (SSSR count). The number of fused-ring (bicyclic) bond motifs is 1. The van der Waals surface area contributed by atoms with Crippen LogP contribution in [0.25, 0.3) is 22.3 Å². The highest BCUT2D eigenvalue weighted by atomic mass is 15.5. The molecule has 0 bridgehead atoms. The fourth-order valence-electron chi connectivity index (χ4n) is 2.11. The van der Waals surface area contributed by atoms with Crippen molar-refractivity contribution in [2.75, 3.05) is 19.8 Å². The molecule has 2 N–H and O–H groups in total. The minimum atomic E-state index is 0.458. The van der Waals surface area contributed by atoms with Crippen molar-refractivity contribution >= 4 is 22.4 Å². The summed E-state index contributed by atoms with van der Waals surface area (Å²) in [6.07, 6.45) is 0. The minimum Gasteiger partial charge on any atom is -0.383 e. The molecular formula is C16H16N6. The van der Waals surface area contributed by atoms with Gasteiger partial charge in [0.15, 0.2) is 5.82 Å². The number of nitrogen functional groups attached to an aromatic ring is 1. The highest BCUT2D eigenvalue weighted by molar-refractivity contribution is 5.90. The summed E-state index contributed by atoms with van der Waals surface area (Å²) in [6, 6.07) is 15.3. The molecule has 0 amide bonds. The predicted octanol–water partition coefficient (Wildman–Crippen LogP) is 3.44. The molecule has 0 saturated heterocycles. The molecule has 1 heterocycles. The summed E-state index contributed by atoms with van der Waals surface area (Å²) in [5.41, 5.74) is 8.36. The lowest BCUT2D eigenvalue weighted by Gasteiger charge is -2.08. The van der Waals surface area contributed by atoms with Gasteiger partial charge in [-0.05, 0) is 24.3 Å². The zero-order valence-electron chi connectivity index (χ0n) is 12.4. The van der Waals surface area contributed by atoms with Crippen molar-refractivity contribution in [3.63, 3.8) is 0 Å². The smallest absolute Gasteiger partial charge is 0.164 e. The molecule has 2 aromatic carbocycles. The summed E-state index contributed by atoms with van der Waals surface area (Å²) in [5.74, 6) is 1.00. The van der Waals surface area contributed by atoms with E-state index >= 15 is 0 Å². The molecule has 6 heteroatoms. The Hall–Kier alpha value is -3.02. The molecule has 0 aliphatic rings. The van der Waals surface area contributed by atoms with Gasteiger partial charge in [0.25, 0.3) is 0 Å². The number of para-hydroxylation sites is 1. The molecule has 0 fully saturated rings. The largest absolute Gasteiger partial charge is 0.383 e. The Balaban J connectivity index is 2.16. The molecule has 0 aliphatic heterocycles. The van der Waals surface area contributed by atoms with Gasteiger partial charge in [0.2, 0.25) is 0 Å². The van der Waals surface area contributed by atoms with Gasteiger partial charge in [0.05, 0.1) is 11.2 Å². The second-order valence-corrected chi connectivity index (χ2v) is 5.00. The standard InChI is InChI=1S/C16H16N6/c1-22(2)21-20-14-10-6-4-8-12(14)16-18-13-9-5-3-7-11(13)15(17)19-16/h3-10H,1-2H3,(H2,17,18,19). The van der Waals surface area contributed by atoms with Crippen molar-refractivity contribution in [3.05, 3.63) is 48.5 Å². The van der Waals surface area contributed by atoms with Gasteiger partial charge in [-0.15, -0.1) is 5.11 Å². The van der Waals surface area contributed by atoms with Gasteiger partial charge in [0.1, 0.15) is 5.82 Å². The Bertz CT molecular complexity index is 841. The fraction of sp³-hybridized carbons (Fsp3) is 0.125. The van der Waals surface area contributed by atoms with Crippen molar-refractivity contribution in [2.24, 2.45) is 10.3 Å². The Morgan fingerprint density at radius 3 is 2.50 bits per heavy atom. The first-order valence-electron chi connectivity index (χ1n) is 6.86. The van der Waals surface area contributed by atoms with Crippen LogP contribution in [0, 0.1) is 0 Å². The van der Waals surface area contributed by atoms with Crippen molar-refractivity contribution in [1.29, 1.82) is 0 Å². The third-order valence-corrected chi connectivity index (χ3v) is 3.11. The lowest BCUT2D eigenvalue weighted by Crippen LogP contribution is -1.99. The lowest BCUT2D eigenvalue weighted by molar-refractivity contribution is 0.408. The van der Waals surface area contributed by atoms with E-state index in [1.165, 1.54) is 0 Å². The Kier molecular flexibility index (Phi) is 3.65. The number of benzene rings is 2. The van der Waals surface area contributed by atoms with Gasteiger partial charge in [-0.3, -0.25) is 5.01 Å². The fourth-order valence-corrected chi connectivity index (χ4v) is 2.11. The molecule has 0 spiro atoms. The summed E-state index contributed by atoms with van der Waals surface area (Å²) in [6.45, 7) is 0. The van der Waals surface area contributed by atoms with Crippen LogP contribution in [-0.2, 0) is 0 Å². The van der Waals surface area contributed by atoms with Crippen LogP contribution in [0.1, 0.15) is 0 Å². The second-order valence-electron chi connectivity index (χ2n) is 5.00. The average molecular weight is 292 g/mol. The number of aromatic nitrogens is 2. The van der Waals surface area contributed by atoms with Crippen LogP contribution in [0.4, 0.5) is 11.5 Å². The maximum Gasteiger partial charge on any atom is 0.164 e. The number of nitrogens with zero attached hydrogens (tertiary/aromatic N) is 5. The van der Waals surface area contributed by atoms with Gasteiger partial charge in [0, 0.05) is 25.0 Å². The van der Waals surface area contributed by atoms with E-state index in [-0.39, 0.29) is 0 Å². The van der Waals surface area contributed by atoms with Crippen molar-refractivity contribution in [1.82, 2.24) is 15.0 Å². The predicted molar refractivity (Wildman–Crippen MR) is 87.6 cm³/mol. The van der Waals surface area contributed by atoms with Crippen LogP contribution < -0.4 is 5.73 Å². The zero-order chi connectivity index (χ0) is 15.5. The zero-order valence-corrected chi connectivity index (χ0v) is 12.4. The maximum atomic E-state index is 6.05. The quantitative estimate of drug-likeness (QED) is 0.592.